The Morgan fingerprint density at radius 3 is 2.64 bits per heavy atom. The SMILES string of the molecule is CC1CN(C(=O)c2cn[nH]c2C2CCN(Cc3cccnc3)CC2)CC(C)O1. The van der Waals surface area contributed by atoms with Gasteiger partial charge in [0.15, 0.2) is 0 Å². The number of nitrogens with zero attached hydrogens (tertiary/aromatic N) is 4. The molecule has 0 aromatic carbocycles. The van der Waals surface area contributed by atoms with Crippen molar-refractivity contribution in [2.75, 3.05) is 26.2 Å². The third-order valence-corrected chi connectivity index (χ3v) is 5.73. The van der Waals surface area contributed by atoms with Crippen LogP contribution in [0.15, 0.2) is 30.7 Å². The van der Waals surface area contributed by atoms with Gasteiger partial charge in [-0.3, -0.25) is 19.8 Å². The molecule has 2 fully saturated rings. The van der Waals surface area contributed by atoms with Gasteiger partial charge in [-0.1, -0.05) is 6.07 Å². The number of piperidine rings is 1. The smallest absolute Gasteiger partial charge is 0.257 e. The maximum Gasteiger partial charge on any atom is 0.257 e. The average molecular weight is 383 g/mol. The van der Waals surface area contributed by atoms with Gasteiger partial charge in [0.2, 0.25) is 0 Å². The second-order valence-corrected chi connectivity index (χ2v) is 8.08. The van der Waals surface area contributed by atoms with E-state index in [0.29, 0.717) is 19.0 Å². The topological polar surface area (TPSA) is 74.4 Å². The Morgan fingerprint density at radius 2 is 1.96 bits per heavy atom. The highest BCUT2D eigenvalue weighted by Gasteiger charge is 2.31. The number of pyridine rings is 1. The van der Waals surface area contributed by atoms with Crippen LogP contribution in [0.3, 0.4) is 0 Å². The molecule has 1 amide bonds. The predicted octanol–water partition coefficient (Wildman–Crippen LogP) is 2.43. The lowest BCUT2D eigenvalue weighted by molar-refractivity contribution is -0.0586. The lowest BCUT2D eigenvalue weighted by Gasteiger charge is -2.36. The number of nitrogens with one attached hydrogen (secondary N) is 1. The molecule has 0 aliphatic carbocycles. The number of ether oxygens (including phenoxy) is 1. The highest BCUT2D eigenvalue weighted by atomic mass is 16.5. The molecule has 1 N–H and O–H groups in total. The van der Waals surface area contributed by atoms with Crippen LogP contribution in [0.5, 0.6) is 0 Å². The van der Waals surface area contributed by atoms with E-state index in [2.05, 4.69) is 26.1 Å². The maximum atomic E-state index is 13.1. The Kier molecular flexibility index (Phi) is 5.73. The van der Waals surface area contributed by atoms with Crippen LogP contribution in [0, 0.1) is 0 Å². The van der Waals surface area contributed by atoms with Crippen molar-refractivity contribution in [1.82, 2.24) is 25.0 Å². The molecule has 0 bridgehead atoms. The highest BCUT2D eigenvalue weighted by Crippen LogP contribution is 2.30. The first-order valence-electron chi connectivity index (χ1n) is 10.2. The van der Waals surface area contributed by atoms with Crippen LogP contribution in [0.4, 0.5) is 0 Å². The first-order chi connectivity index (χ1) is 13.6. The molecular weight excluding hydrogens is 354 g/mol. The van der Waals surface area contributed by atoms with Crippen LogP contribution in [0.2, 0.25) is 0 Å². The number of aromatic amines is 1. The third-order valence-electron chi connectivity index (χ3n) is 5.73. The number of morpholine rings is 1. The summed E-state index contributed by atoms with van der Waals surface area (Å²) in [6.07, 6.45) is 7.63. The lowest BCUT2D eigenvalue weighted by Crippen LogP contribution is -2.48. The van der Waals surface area contributed by atoms with Crippen molar-refractivity contribution in [3.8, 4) is 0 Å². The first-order valence-corrected chi connectivity index (χ1v) is 10.2. The normalized spacial score (nSPS) is 24.4. The number of amides is 1. The van der Waals surface area contributed by atoms with Gasteiger partial charge in [-0.25, -0.2) is 0 Å². The van der Waals surface area contributed by atoms with Gasteiger partial charge in [0.1, 0.15) is 0 Å². The zero-order valence-corrected chi connectivity index (χ0v) is 16.7. The summed E-state index contributed by atoms with van der Waals surface area (Å²) >= 11 is 0. The summed E-state index contributed by atoms with van der Waals surface area (Å²) in [6, 6.07) is 4.10. The Hall–Kier alpha value is -2.25. The standard InChI is InChI=1S/C21H29N5O2/c1-15-12-26(13-16(2)28-15)21(27)19-11-23-24-20(19)18-5-8-25(9-6-18)14-17-4-3-7-22-10-17/h3-4,7,10-11,15-16,18H,5-6,8-9,12-14H2,1-2H3,(H,23,24). The van der Waals surface area contributed by atoms with E-state index in [1.165, 1.54) is 5.56 Å². The maximum absolute atomic E-state index is 13.1. The predicted molar refractivity (Wildman–Crippen MR) is 106 cm³/mol. The van der Waals surface area contributed by atoms with E-state index in [1.54, 1.807) is 6.20 Å². The zero-order valence-electron chi connectivity index (χ0n) is 16.7. The molecule has 2 aromatic rings. The molecule has 4 heterocycles. The zero-order chi connectivity index (χ0) is 19.5. The molecule has 2 aromatic heterocycles. The Labute approximate surface area is 166 Å². The molecule has 0 radical (unpaired) electrons. The van der Waals surface area contributed by atoms with Gasteiger partial charge in [0.05, 0.1) is 29.7 Å². The van der Waals surface area contributed by atoms with E-state index in [9.17, 15) is 4.79 Å². The number of carbonyl (C=O) groups is 1. The second kappa shape index (κ2) is 8.41. The molecule has 0 saturated carbocycles. The van der Waals surface area contributed by atoms with E-state index in [1.807, 2.05) is 37.2 Å². The van der Waals surface area contributed by atoms with Crippen LogP contribution in [0.25, 0.3) is 0 Å². The summed E-state index contributed by atoms with van der Waals surface area (Å²) in [5.41, 5.74) is 2.97. The second-order valence-electron chi connectivity index (χ2n) is 8.08. The fourth-order valence-electron chi connectivity index (χ4n) is 4.42. The van der Waals surface area contributed by atoms with Gasteiger partial charge in [-0.2, -0.15) is 5.10 Å². The van der Waals surface area contributed by atoms with Crippen molar-refractivity contribution in [2.24, 2.45) is 0 Å². The molecule has 150 valence electrons. The number of hydrogen-bond acceptors (Lipinski definition) is 5. The van der Waals surface area contributed by atoms with Crippen LogP contribution in [-0.2, 0) is 11.3 Å². The van der Waals surface area contributed by atoms with Crippen LogP contribution >= 0.6 is 0 Å². The molecule has 2 unspecified atom stereocenters. The monoisotopic (exact) mass is 383 g/mol. The quantitative estimate of drug-likeness (QED) is 0.878. The average Bonchev–Trinajstić information content (AvgIpc) is 3.18. The van der Waals surface area contributed by atoms with E-state index < -0.39 is 0 Å². The first kappa shape index (κ1) is 19.1. The van der Waals surface area contributed by atoms with Crippen molar-refractivity contribution in [1.29, 1.82) is 0 Å². The molecule has 7 nitrogen and oxygen atoms in total. The summed E-state index contributed by atoms with van der Waals surface area (Å²) < 4.78 is 5.76. The number of carbonyl (C=O) groups excluding carboxylic acids is 1. The number of likely N-dealkylation sites (tertiary alicyclic amines) is 1. The van der Waals surface area contributed by atoms with E-state index in [0.717, 1.165) is 43.7 Å². The fraction of sp³-hybridized carbons (Fsp3) is 0.571. The van der Waals surface area contributed by atoms with Gasteiger partial charge in [0.25, 0.3) is 5.91 Å². The summed E-state index contributed by atoms with van der Waals surface area (Å²) in [6.45, 7) is 8.26. The summed E-state index contributed by atoms with van der Waals surface area (Å²) in [4.78, 5) is 21.7. The van der Waals surface area contributed by atoms with Crippen molar-refractivity contribution < 1.29 is 9.53 Å². The van der Waals surface area contributed by atoms with Gasteiger partial charge in [-0.15, -0.1) is 0 Å². The van der Waals surface area contributed by atoms with Crippen molar-refractivity contribution in [3.05, 3.63) is 47.5 Å². The molecule has 7 heteroatoms. The molecular formula is C21H29N5O2. The fourth-order valence-corrected chi connectivity index (χ4v) is 4.42. The lowest BCUT2D eigenvalue weighted by atomic mass is 9.91. The number of hydrogen-bond donors (Lipinski definition) is 1. The summed E-state index contributed by atoms with van der Waals surface area (Å²) in [7, 11) is 0. The minimum Gasteiger partial charge on any atom is -0.372 e. The van der Waals surface area contributed by atoms with E-state index in [4.69, 9.17) is 4.74 Å². The third kappa shape index (κ3) is 4.25. The van der Waals surface area contributed by atoms with E-state index in [-0.39, 0.29) is 18.1 Å². The van der Waals surface area contributed by atoms with Crippen LogP contribution < -0.4 is 0 Å². The Balaban J connectivity index is 1.39. The molecule has 0 spiro atoms. The minimum atomic E-state index is 0.0683. The number of aromatic nitrogens is 3. The summed E-state index contributed by atoms with van der Waals surface area (Å²) in [5.74, 6) is 0.422. The van der Waals surface area contributed by atoms with Crippen molar-refractivity contribution in [2.45, 2.75) is 51.4 Å². The molecule has 4 rings (SSSR count). The Morgan fingerprint density at radius 1 is 1.21 bits per heavy atom. The molecule has 2 aliphatic heterocycles. The number of H-pyrrole nitrogens is 1. The van der Waals surface area contributed by atoms with Gasteiger partial charge in [-0.05, 0) is 51.4 Å². The molecule has 28 heavy (non-hydrogen) atoms. The summed E-state index contributed by atoms with van der Waals surface area (Å²) in [5, 5.41) is 7.34. The van der Waals surface area contributed by atoms with Crippen LogP contribution in [-0.4, -0.2) is 69.3 Å². The minimum absolute atomic E-state index is 0.0683. The molecule has 2 aliphatic rings. The number of rotatable bonds is 4. The highest BCUT2D eigenvalue weighted by molar-refractivity contribution is 5.95. The van der Waals surface area contributed by atoms with Gasteiger partial charge < -0.3 is 9.64 Å². The van der Waals surface area contributed by atoms with Crippen molar-refractivity contribution >= 4 is 5.91 Å². The van der Waals surface area contributed by atoms with Crippen LogP contribution in [0.1, 0.15) is 54.2 Å². The van der Waals surface area contributed by atoms with Gasteiger partial charge in [0, 0.05) is 37.9 Å². The Bertz CT molecular complexity index is 775. The van der Waals surface area contributed by atoms with Gasteiger partial charge >= 0.3 is 0 Å². The largest absolute Gasteiger partial charge is 0.372 e. The molecule has 2 atom stereocenters. The van der Waals surface area contributed by atoms with Crippen molar-refractivity contribution in [3.63, 3.8) is 0 Å². The molecule has 2 saturated heterocycles. The van der Waals surface area contributed by atoms with E-state index >= 15 is 0 Å².